The molecule has 1 heteroatoms. The normalized spacial score (nSPS) is 43.2. The Morgan fingerprint density at radius 1 is 0.931 bits per heavy atom. The first kappa shape index (κ1) is 21.6. The average molecular weight is 399 g/mol. The molecule has 29 heavy (non-hydrogen) atoms. The van der Waals surface area contributed by atoms with Gasteiger partial charge >= 0.3 is 0 Å². The van der Waals surface area contributed by atoms with Crippen molar-refractivity contribution < 1.29 is 4.79 Å². The number of carbonyl (C=O) groups is 1. The Hall–Kier alpha value is -0.590. The lowest BCUT2D eigenvalue weighted by Gasteiger charge is -2.59. The Bertz CT molecular complexity index is 672. The van der Waals surface area contributed by atoms with E-state index in [0.717, 1.165) is 53.9 Å². The number of Topliss-reactive ketones (excluding diaryl/α,β-unsaturated/α-hetero) is 1. The molecule has 4 aliphatic carbocycles. The highest BCUT2D eigenvalue weighted by atomic mass is 16.1. The van der Waals surface area contributed by atoms with Crippen molar-refractivity contribution in [1.29, 1.82) is 0 Å². The van der Waals surface area contributed by atoms with Crippen LogP contribution in [0.25, 0.3) is 0 Å². The molecular weight excluding hydrogens is 352 g/mol. The lowest BCUT2D eigenvalue weighted by atomic mass is 9.46. The molecule has 3 saturated carbocycles. The van der Waals surface area contributed by atoms with Gasteiger partial charge in [0.2, 0.25) is 0 Å². The number of fused-ring (bicyclic) bond motifs is 5. The van der Waals surface area contributed by atoms with Gasteiger partial charge in [0, 0.05) is 6.42 Å². The minimum atomic E-state index is 0.323. The third-order valence-electron chi connectivity index (χ3n) is 10.6. The minimum absolute atomic E-state index is 0.323. The largest absolute Gasteiger partial charge is 0.295 e. The lowest BCUT2D eigenvalue weighted by Crippen LogP contribution is -2.51. The molecule has 0 unspecified atom stereocenters. The van der Waals surface area contributed by atoms with Gasteiger partial charge in [-0.1, -0.05) is 59.5 Å². The molecule has 0 radical (unpaired) electrons. The smallest absolute Gasteiger partial charge is 0.158 e. The summed E-state index contributed by atoms with van der Waals surface area (Å²) < 4.78 is 0. The van der Waals surface area contributed by atoms with Crippen LogP contribution >= 0.6 is 0 Å². The number of ketones is 1. The van der Waals surface area contributed by atoms with Crippen LogP contribution in [0.3, 0.4) is 0 Å². The van der Waals surface area contributed by atoms with E-state index in [-0.39, 0.29) is 0 Å². The molecular formula is C28H46O. The summed E-state index contributed by atoms with van der Waals surface area (Å²) in [5.74, 6) is 5.81. The molecule has 0 aromatic heterocycles. The van der Waals surface area contributed by atoms with Crippen molar-refractivity contribution in [3.63, 3.8) is 0 Å². The van der Waals surface area contributed by atoms with Crippen molar-refractivity contribution in [3.8, 4) is 0 Å². The molecule has 0 amide bonds. The lowest BCUT2D eigenvalue weighted by molar-refractivity contribution is -0.118. The van der Waals surface area contributed by atoms with Gasteiger partial charge in [0.15, 0.2) is 5.78 Å². The van der Waals surface area contributed by atoms with Crippen molar-refractivity contribution >= 4 is 5.78 Å². The molecule has 7 atom stereocenters. The van der Waals surface area contributed by atoms with Crippen LogP contribution in [0, 0.1) is 46.3 Å². The first-order chi connectivity index (χ1) is 13.7. The Kier molecular flexibility index (Phi) is 5.84. The second-order valence-corrected chi connectivity index (χ2v) is 12.4. The minimum Gasteiger partial charge on any atom is -0.295 e. The molecule has 0 aromatic rings. The van der Waals surface area contributed by atoms with Crippen molar-refractivity contribution in [3.05, 3.63) is 11.1 Å². The molecule has 0 aliphatic heterocycles. The van der Waals surface area contributed by atoms with Gasteiger partial charge in [-0.2, -0.15) is 0 Å². The third kappa shape index (κ3) is 3.47. The monoisotopic (exact) mass is 398 g/mol. The number of rotatable bonds is 5. The van der Waals surface area contributed by atoms with Crippen LogP contribution in [0.4, 0.5) is 0 Å². The Labute approximate surface area is 180 Å². The fraction of sp³-hybridized carbons (Fsp3) is 0.893. The predicted molar refractivity (Wildman–Crippen MR) is 123 cm³/mol. The molecule has 4 aliphatic rings. The summed E-state index contributed by atoms with van der Waals surface area (Å²) in [6, 6.07) is 0. The molecule has 0 spiro atoms. The predicted octanol–water partition coefficient (Wildman–Crippen LogP) is 7.99. The summed E-state index contributed by atoms with van der Waals surface area (Å²) in [6.45, 7) is 14.7. The molecule has 1 nitrogen and oxygen atoms in total. The van der Waals surface area contributed by atoms with Gasteiger partial charge in [-0.25, -0.2) is 0 Å². The molecule has 0 aromatic carbocycles. The molecule has 0 heterocycles. The van der Waals surface area contributed by atoms with Crippen molar-refractivity contribution in [1.82, 2.24) is 0 Å². The van der Waals surface area contributed by atoms with Gasteiger partial charge in [0.1, 0.15) is 0 Å². The van der Waals surface area contributed by atoms with Crippen molar-refractivity contribution in [2.24, 2.45) is 46.3 Å². The van der Waals surface area contributed by atoms with Gasteiger partial charge in [-0.15, -0.1) is 0 Å². The molecule has 0 N–H and O–H groups in total. The first-order valence-electron chi connectivity index (χ1n) is 12.9. The SMILES string of the molecule is CC1=C2CC[C@@H]3[C@H]4CC[C@@H]([C@@H](C)CCCC(C)C)[C@@]4(C)CC[C@H]3[C@@]2(C)CCC1=O. The summed E-state index contributed by atoms with van der Waals surface area (Å²) in [5.41, 5.74) is 3.61. The van der Waals surface area contributed by atoms with Crippen LogP contribution in [0.2, 0.25) is 0 Å². The zero-order valence-electron chi connectivity index (χ0n) is 20.2. The Balaban J connectivity index is 1.52. The zero-order chi connectivity index (χ0) is 21.0. The van der Waals surface area contributed by atoms with E-state index in [2.05, 4.69) is 41.5 Å². The second-order valence-electron chi connectivity index (χ2n) is 12.4. The summed E-state index contributed by atoms with van der Waals surface area (Å²) in [5, 5.41) is 0. The Morgan fingerprint density at radius 3 is 2.41 bits per heavy atom. The first-order valence-corrected chi connectivity index (χ1v) is 12.9. The summed E-state index contributed by atoms with van der Waals surface area (Å²) in [6.07, 6.45) is 14.5. The van der Waals surface area contributed by atoms with E-state index in [0.29, 0.717) is 16.6 Å². The standard InChI is InChI=1S/C28H46O/c1-18(2)8-7-9-19(3)22-12-13-24-21-10-11-23-20(4)26(29)15-17-28(23,6)25(21)14-16-27(22,24)5/h18-19,21-22,24-25H,7-17H2,1-6H3/t19-,21+,22-,24+,25+,27+,28-/m0/s1. The number of hydrogen-bond acceptors (Lipinski definition) is 1. The van der Waals surface area contributed by atoms with Crippen LogP contribution in [0.5, 0.6) is 0 Å². The summed E-state index contributed by atoms with van der Waals surface area (Å²) in [4.78, 5) is 12.4. The van der Waals surface area contributed by atoms with Gasteiger partial charge in [0.25, 0.3) is 0 Å². The van der Waals surface area contributed by atoms with E-state index in [1.807, 2.05) is 0 Å². The molecule has 4 rings (SSSR count). The molecule has 164 valence electrons. The highest BCUT2D eigenvalue weighted by Gasteiger charge is 2.59. The molecule has 0 bridgehead atoms. The van der Waals surface area contributed by atoms with Crippen LogP contribution in [-0.2, 0) is 4.79 Å². The number of allylic oxidation sites excluding steroid dienone is 1. The van der Waals surface area contributed by atoms with Gasteiger partial charge in [0.05, 0.1) is 0 Å². The van der Waals surface area contributed by atoms with Crippen LogP contribution in [-0.4, -0.2) is 5.78 Å². The third-order valence-corrected chi connectivity index (χ3v) is 10.6. The van der Waals surface area contributed by atoms with Crippen LogP contribution < -0.4 is 0 Å². The van der Waals surface area contributed by atoms with Crippen LogP contribution in [0.1, 0.15) is 112 Å². The highest BCUT2D eigenvalue weighted by molar-refractivity contribution is 5.96. The van der Waals surface area contributed by atoms with Crippen molar-refractivity contribution in [2.45, 2.75) is 112 Å². The quantitative estimate of drug-likeness (QED) is 0.458. The molecule has 3 fully saturated rings. The van der Waals surface area contributed by atoms with E-state index >= 15 is 0 Å². The van der Waals surface area contributed by atoms with Crippen molar-refractivity contribution in [2.75, 3.05) is 0 Å². The van der Waals surface area contributed by atoms with E-state index in [4.69, 9.17) is 0 Å². The van der Waals surface area contributed by atoms with Gasteiger partial charge < -0.3 is 0 Å². The maximum Gasteiger partial charge on any atom is 0.158 e. The zero-order valence-corrected chi connectivity index (χ0v) is 20.2. The summed E-state index contributed by atoms with van der Waals surface area (Å²) >= 11 is 0. The van der Waals surface area contributed by atoms with E-state index in [1.165, 1.54) is 57.8 Å². The highest BCUT2D eigenvalue weighted by Crippen LogP contribution is 2.68. The maximum atomic E-state index is 12.4. The summed E-state index contributed by atoms with van der Waals surface area (Å²) in [7, 11) is 0. The second kappa shape index (κ2) is 7.83. The molecule has 0 saturated heterocycles. The maximum absolute atomic E-state index is 12.4. The topological polar surface area (TPSA) is 17.1 Å². The Morgan fingerprint density at radius 2 is 1.69 bits per heavy atom. The number of carbonyl (C=O) groups excluding carboxylic acids is 1. The fourth-order valence-electron chi connectivity index (χ4n) is 9.01. The van der Waals surface area contributed by atoms with E-state index in [9.17, 15) is 4.79 Å². The number of hydrogen-bond donors (Lipinski definition) is 0. The van der Waals surface area contributed by atoms with Crippen LogP contribution in [0.15, 0.2) is 11.1 Å². The average Bonchev–Trinajstić information content (AvgIpc) is 3.02. The van der Waals surface area contributed by atoms with E-state index in [1.54, 1.807) is 5.57 Å². The van der Waals surface area contributed by atoms with Gasteiger partial charge in [-0.3, -0.25) is 4.79 Å². The fourth-order valence-corrected chi connectivity index (χ4v) is 9.01. The van der Waals surface area contributed by atoms with E-state index < -0.39 is 0 Å². The van der Waals surface area contributed by atoms with Gasteiger partial charge in [-0.05, 0) is 104 Å².